The normalized spacial score (nSPS) is 15.5. The van der Waals surface area contributed by atoms with Crippen molar-refractivity contribution >= 4 is 0 Å². The lowest BCUT2D eigenvalue weighted by Gasteiger charge is -2.30. The second-order valence-corrected chi connectivity index (χ2v) is 4.70. The van der Waals surface area contributed by atoms with Crippen LogP contribution in [0.2, 0.25) is 0 Å². The lowest BCUT2D eigenvalue weighted by Crippen LogP contribution is -2.36. The van der Waals surface area contributed by atoms with E-state index in [4.69, 9.17) is 0 Å². The van der Waals surface area contributed by atoms with Gasteiger partial charge in [-0.1, -0.05) is 48.5 Å². The van der Waals surface area contributed by atoms with Crippen LogP contribution in [0.25, 0.3) is 11.1 Å². The van der Waals surface area contributed by atoms with Gasteiger partial charge in [-0.05, 0) is 42.3 Å². The minimum Gasteiger partial charge on any atom is -0.299 e. The predicted octanol–water partition coefficient (Wildman–Crippen LogP) is 3.56. The molecule has 3 rings (SSSR count). The zero-order chi connectivity index (χ0) is 11.5. The molecule has 1 nitrogen and oxygen atoms in total. The van der Waals surface area contributed by atoms with Crippen molar-refractivity contribution in [3.8, 4) is 11.1 Å². The summed E-state index contributed by atoms with van der Waals surface area (Å²) < 4.78 is 0. The summed E-state index contributed by atoms with van der Waals surface area (Å²) in [6, 6.07) is 19.5. The van der Waals surface area contributed by atoms with Gasteiger partial charge in [0.15, 0.2) is 0 Å². The van der Waals surface area contributed by atoms with Gasteiger partial charge < -0.3 is 0 Å². The van der Waals surface area contributed by atoms with E-state index in [9.17, 15) is 0 Å². The Morgan fingerprint density at radius 2 is 1.59 bits per heavy atom. The minimum absolute atomic E-state index is 1.10. The summed E-state index contributed by atoms with van der Waals surface area (Å²) >= 11 is 0. The number of likely N-dealkylation sites (tertiary alicyclic amines) is 1. The molecule has 2 aromatic carbocycles. The van der Waals surface area contributed by atoms with Gasteiger partial charge in [0.25, 0.3) is 0 Å². The average Bonchev–Trinajstić information content (AvgIpc) is 2.35. The summed E-state index contributed by atoms with van der Waals surface area (Å²) in [5, 5.41) is 0. The summed E-state index contributed by atoms with van der Waals surface area (Å²) in [5.74, 6) is 0. The van der Waals surface area contributed by atoms with Crippen LogP contribution in [-0.2, 0) is 6.54 Å². The summed E-state index contributed by atoms with van der Waals surface area (Å²) in [6.07, 6.45) is 1.36. The van der Waals surface area contributed by atoms with Crippen LogP contribution >= 0.6 is 0 Å². The molecule has 0 radical (unpaired) electrons. The molecular weight excluding hydrogens is 206 g/mol. The Kier molecular flexibility index (Phi) is 2.93. The first-order valence-electron chi connectivity index (χ1n) is 6.28. The summed E-state index contributed by atoms with van der Waals surface area (Å²) in [7, 11) is 0. The molecule has 1 heterocycles. The molecule has 0 amide bonds. The third-order valence-electron chi connectivity index (χ3n) is 3.39. The summed E-state index contributed by atoms with van der Waals surface area (Å²) in [4.78, 5) is 2.49. The molecule has 0 spiro atoms. The third-order valence-corrected chi connectivity index (χ3v) is 3.39. The SMILES string of the molecule is c1ccc(-c2cccc(CN3CCC3)c2)cc1. The monoisotopic (exact) mass is 223 g/mol. The lowest BCUT2D eigenvalue weighted by atomic mass is 10.0. The van der Waals surface area contributed by atoms with E-state index in [1.165, 1.54) is 36.2 Å². The first kappa shape index (κ1) is 10.5. The number of hydrogen-bond donors (Lipinski definition) is 0. The van der Waals surface area contributed by atoms with Gasteiger partial charge in [-0.15, -0.1) is 0 Å². The largest absolute Gasteiger partial charge is 0.299 e. The highest BCUT2D eigenvalue weighted by Gasteiger charge is 2.13. The quantitative estimate of drug-likeness (QED) is 0.769. The van der Waals surface area contributed by atoms with Crippen LogP contribution in [0.4, 0.5) is 0 Å². The topological polar surface area (TPSA) is 3.24 Å². The van der Waals surface area contributed by atoms with Crippen LogP contribution in [0, 0.1) is 0 Å². The predicted molar refractivity (Wildman–Crippen MR) is 71.8 cm³/mol. The Morgan fingerprint density at radius 3 is 2.29 bits per heavy atom. The molecule has 17 heavy (non-hydrogen) atoms. The van der Waals surface area contributed by atoms with Crippen molar-refractivity contribution in [1.82, 2.24) is 4.90 Å². The smallest absolute Gasteiger partial charge is 0.0233 e. The molecule has 2 aromatic rings. The molecular formula is C16H17N. The van der Waals surface area contributed by atoms with Crippen molar-refractivity contribution in [3.63, 3.8) is 0 Å². The van der Waals surface area contributed by atoms with Gasteiger partial charge in [0, 0.05) is 6.54 Å². The molecule has 1 saturated heterocycles. The third kappa shape index (κ3) is 2.40. The van der Waals surface area contributed by atoms with E-state index < -0.39 is 0 Å². The highest BCUT2D eigenvalue weighted by atomic mass is 15.2. The van der Waals surface area contributed by atoms with E-state index in [0.29, 0.717) is 0 Å². The van der Waals surface area contributed by atoms with Gasteiger partial charge in [-0.25, -0.2) is 0 Å². The van der Waals surface area contributed by atoms with Crippen molar-refractivity contribution in [2.45, 2.75) is 13.0 Å². The van der Waals surface area contributed by atoms with Crippen LogP contribution in [0.3, 0.4) is 0 Å². The Morgan fingerprint density at radius 1 is 0.824 bits per heavy atom. The van der Waals surface area contributed by atoms with E-state index in [0.717, 1.165) is 6.54 Å². The first-order chi connectivity index (χ1) is 8.42. The van der Waals surface area contributed by atoms with Gasteiger partial charge in [-0.2, -0.15) is 0 Å². The van der Waals surface area contributed by atoms with Gasteiger partial charge in [0.2, 0.25) is 0 Å². The highest BCUT2D eigenvalue weighted by molar-refractivity contribution is 5.63. The van der Waals surface area contributed by atoms with Crippen LogP contribution < -0.4 is 0 Å². The number of benzene rings is 2. The maximum absolute atomic E-state index is 2.49. The van der Waals surface area contributed by atoms with E-state index in [1.54, 1.807) is 0 Å². The van der Waals surface area contributed by atoms with E-state index in [2.05, 4.69) is 59.5 Å². The fraction of sp³-hybridized carbons (Fsp3) is 0.250. The fourth-order valence-electron chi connectivity index (χ4n) is 2.28. The maximum atomic E-state index is 2.49. The van der Waals surface area contributed by atoms with Crippen LogP contribution in [0.1, 0.15) is 12.0 Å². The molecule has 0 bridgehead atoms. The van der Waals surface area contributed by atoms with E-state index in [1.807, 2.05) is 0 Å². The molecule has 1 aliphatic rings. The van der Waals surface area contributed by atoms with Crippen LogP contribution in [-0.4, -0.2) is 18.0 Å². The second-order valence-electron chi connectivity index (χ2n) is 4.70. The molecule has 0 saturated carbocycles. The molecule has 0 aliphatic carbocycles. The Bertz CT molecular complexity index is 486. The molecule has 0 N–H and O–H groups in total. The summed E-state index contributed by atoms with van der Waals surface area (Å²) in [6.45, 7) is 3.62. The van der Waals surface area contributed by atoms with Crippen molar-refractivity contribution in [1.29, 1.82) is 0 Å². The average molecular weight is 223 g/mol. The maximum Gasteiger partial charge on any atom is 0.0233 e. The van der Waals surface area contributed by atoms with Gasteiger partial charge in [0.1, 0.15) is 0 Å². The number of hydrogen-bond acceptors (Lipinski definition) is 1. The summed E-state index contributed by atoms with van der Waals surface area (Å²) in [5.41, 5.74) is 4.05. The molecule has 0 aromatic heterocycles. The van der Waals surface area contributed by atoms with E-state index >= 15 is 0 Å². The van der Waals surface area contributed by atoms with E-state index in [-0.39, 0.29) is 0 Å². The van der Waals surface area contributed by atoms with Crippen molar-refractivity contribution in [2.75, 3.05) is 13.1 Å². The molecule has 0 unspecified atom stereocenters. The standard InChI is InChI=1S/C16H17N/c1-2-7-15(8-3-1)16-9-4-6-14(12-16)13-17-10-5-11-17/h1-4,6-9,12H,5,10-11,13H2. The van der Waals surface area contributed by atoms with Gasteiger partial charge in [0.05, 0.1) is 0 Å². The van der Waals surface area contributed by atoms with Gasteiger partial charge in [-0.3, -0.25) is 4.90 Å². The zero-order valence-electron chi connectivity index (χ0n) is 9.97. The molecule has 1 fully saturated rings. The molecule has 1 heteroatoms. The molecule has 1 aliphatic heterocycles. The van der Waals surface area contributed by atoms with Crippen molar-refractivity contribution in [2.24, 2.45) is 0 Å². The zero-order valence-corrected chi connectivity index (χ0v) is 9.97. The Balaban J connectivity index is 1.83. The Labute approximate surface area is 103 Å². The molecule has 0 atom stereocenters. The fourth-order valence-corrected chi connectivity index (χ4v) is 2.28. The number of nitrogens with zero attached hydrogens (tertiary/aromatic N) is 1. The van der Waals surface area contributed by atoms with Crippen LogP contribution in [0.15, 0.2) is 54.6 Å². The van der Waals surface area contributed by atoms with Crippen molar-refractivity contribution in [3.05, 3.63) is 60.2 Å². The van der Waals surface area contributed by atoms with Crippen LogP contribution in [0.5, 0.6) is 0 Å². The van der Waals surface area contributed by atoms with Gasteiger partial charge >= 0.3 is 0 Å². The first-order valence-corrected chi connectivity index (χ1v) is 6.28. The molecule has 86 valence electrons. The Hall–Kier alpha value is -1.60. The second kappa shape index (κ2) is 4.72. The lowest BCUT2D eigenvalue weighted by molar-refractivity contribution is 0.172. The number of rotatable bonds is 3. The van der Waals surface area contributed by atoms with Crippen molar-refractivity contribution < 1.29 is 0 Å². The highest BCUT2D eigenvalue weighted by Crippen LogP contribution is 2.21. The minimum atomic E-state index is 1.10.